The molecule has 0 N–H and O–H groups in total. The first-order valence-corrected chi connectivity index (χ1v) is 7.24. The van der Waals surface area contributed by atoms with E-state index in [1.54, 1.807) is 0 Å². The number of ketones is 1. The number of Topliss-reactive ketones (excluding diaryl/α,β-unsaturated/α-hetero) is 1. The van der Waals surface area contributed by atoms with E-state index in [1.807, 2.05) is 0 Å². The molecule has 2 aliphatic rings. The van der Waals surface area contributed by atoms with Crippen molar-refractivity contribution in [2.75, 3.05) is 19.8 Å². The number of hydrogen-bond acceptors (Lipinski definition) is 4. The second-order valence-electron chi connectivity index (χ2n) is 5.12. The van der Waals surface area contributed by atoms with E-state index in [-0.39, 0.29) is 18.2 Å². The fraction of sp³-hybridized carbons (Fsp3) is 0.929. The van der Waals surface area contributed by atoms with Crippen LogP contribution in [-0.2, 0) is 19.0 Å². The van der Waals surface area contributed by atoms with Gasteiger partial charge in [0.1, 0.15) is 6.10 Å². The zero-order chi connectivity index (χ0) is 12.6. The van der Waals surface area contributed by atoms with Crippen molar-refractivity contribution < 1.29 is 19.0 Å². The molecule has 0 spiro atoms. The van der Waals surface area contributed by atoms with E-state index in [2.05, 4.69) is 0 Å². The van der Waals surface area contributed by atoms with E-state index >= 15 is 0 Å². The predicted octanol–water partition coefficient (Wildman–Crippen LogP) is 2.45. The molecular weight excluding hydrogens is 232 g/mol. The Morgan fingerprint density at radius 3 is 2.67 bits per heavy atom. The minimum atomic E-state index is -0.0585. The number of ether oxygens (including phenoxy) is 3. The van der Waals surface area contributed by atoms with Crippen LogP contribution in [0.1, 0.15) is 51.4 Å². The topological polar surface area (TPSA) is 48.1 Å². The summed E-state index contributed by atoms with van der Waals surface area (Å²) in [6.07, 6.45) is 8.36. The van der Waals surface area contributed by atoms with Crippen LogP contribution in [0.3, 0.4) is 0 Å². The molecule has 2 aliphatic heterocycles. The van der Waals surface area contributed by atoms with Gasteiger partial charge in [0.25, 0.3) is 0 Å². The van der Waals surface area contributed by atoms with Crippen molar-refractivity contribution in [3.8, 4) is 0 Å². The number of carbonyl (C=O) groups excluding carboxylic acids is 1. The van der Waals surface area contributed by atoms with Crippen LogP contribution in [-0.4, -0.2) is 38.0 Å². The lowest BCUT2D eigenvalue weighted by Gasteiger charge is -2.22. The Morgan fingerprint density at radius 1 is 1.11 bits per heavy atom. The van der Waals surface area contributed by atoms with Gasteiger partial charge in [0.05, 0.1) is 6.61 Å². The molecule has 0 amide bonds. The van der Waals surface area contributed by atoms with Crippen molar-refractivity contribution in [2.24, 2.45) is 0 Å². The van der Waals surface area contributed by atoms with Gasteiger partial charge in [0.15, 0.2) is 12.1 Å². The van der Waals surface area contributed by atoms with Crippen LogP contribution in [0.4, 0.5) is 0 Å². The van der Waals surface area contributed by atoms with E-state index in [0.29, 0.717) is 13.0 Å². The number of carbonyl (C=O) groups is 1. The van der Waals surface area contributed by atoms with E-state index < -0.39 is 0 Å². The van der Waals surface area contributed by atoms with Crippen LogP contribution < -0.4 is 0 Å². The smallest absolute Gasteiger partial charge is 0.163 e. The van der Waals surface area contributed by atoms with E-state index in [9.17, 15) is 4.79 Å². The summed E-state index contributed by atoms with van der Waals surface area (Å²) in [7, 11) is 0. The molecular formula is C14H24O4. The molecule has 0 radical (unpaired) electrons. The molecule has 2 unspecified atom stereocenters. The molecule has 104 valence electrons. The minimum absolute atomic E-state index is 0.0346. The van der Waals surface area contributed by atoms with Crippen LogP contribution in [0.25, 0.3) is 0 Å². The maximum absolute atomic E-state index is 11.3. The first-order valence-electron chi connectivity index (χ1n) is 7.24. The highest BCUT2D eigenvalue weighted by Crippen LogP contribution is 2.16. The Morgan fingerprint density at radius 2 is 1.94 bits per heavy atom. The number of rotatable bonds is 9. The normalized spacial score (nSPS) is 27.1. The summed E-state index contributed by atoms with van der Waals surface area (Å²) in [6, 6.07) is 0. The second-order valence-corrected chi connectivity index (χ2v) is 5.12. The average molecular weight is 256 g/mol. The minimum Gasteiger partial charge on any atom is -0.365 e. The molecule has 18 heavy (non-hydrogen) atoms. The third-order valence-corrected chi connectivity index (χ3v) is 3.45. The Balaban J connectivity index is 1.35. The summed E-state index contributed by atoms with van der Waals surface area (Å²) in [5, 5.41) is 0. The van der Waals surface area contributed by atoms with Crippen molar-refractivity contribution in [1.29, 1.82) is 0 Å². The highest BCUT2D eigenvalue weighted by molar-refractivity contribution is 5.84. The second kappa shape index (κ2) is 7.87. The van der Waals surface area contributed by atoms with Crippen LogP contribution in [0.2, 0.25) is 0 Å². The highest BCUT2D eigenvalue weighted by Gasteiger charge is 2.29. The molecule has 4 heteroatoms. The lowest BCUT2D eigenvalue weighted by Crippen LogP contribution is -2.22. The van der Waals surface area contributed by atoms with Gasteiger partial charge in [0.2, 0.25) is 0 Å². The van der Waals surface area contributed by atoms with Gasteiger partial charge in [-0.1, -0.05) is 12.8 Å². The van der Waals surface area contributed by atoms with Gasteiger partial charge in [-0.15, -0.1) is 0 Å². The molecule has 0 aromatic carbocycles. The van der Waals surface area contributed by atoms with Gasteiger partial charge < -0.3 is 14.2 Å². The number of unbranched alkanes of at least 4 members (excludes halogenated alkanes) is 3. The first kappa shape index (κ1) is 14.0. The van der Waals surface area contributed by atoms with Crippen LogP contribution >= 0.6 is 0 Å². The third-order valence-electron chi connectivity index (χ3n) is 3.45. The van der Waals surface area contributed by atoms with Gasteiger partial charge >= 0.3 is 0 Å². The lowest BCUT2D eigenvalue weighted by atomic mass is 10.1. The molecule has 0 aromatic rings. The zero-order valence-corrected chi connectivity index (χ0v) is 11.1. The summed E-state index contributed by atoms with van der Waals surface area (Å²) >= 11 is 0. The molecule has 0 aliphatic carbocycles. The third kappa shape index (κ3) is 5.46. The summed E-state index contributed by atoms with van der Waals surface area (Å²) in [5.41, 5.74) is 0. The Kier molecular flexibility index (Phi) is 6.11. The van der Waals surface area contributed by atoms with Gasteiger partial charge in [0, 0.05) is 19.6 Å². The molecule has 2 fully saturated rings. The molecule has 0 bridgehead atoms. The van der Waals surface area contributed by atoms with Crippen LogP contribution in [0, 0.1) is 0 Å². The van der Waals surface area contributed by atoms with Gasteiger partial charge in [-0.3, -0.25) is 4.79 Å². The van der Waals surface area contributed by atoms with E-state index in [0.717, 1.165) is 45.3 Å². The molecule has 0 saturated carbocycles. The lowest BCUT2D eigenvalue weighted by molar-refractivity contribution is -0.162. The Hall–Kier alpha value is -0.450. The molecule has 4 nitrogen and oxygen atoms in total. The van der Waals surface area contributed by atoms with Gasteiger partial charge in [-0.05, 0) is 32.1 Å². The quantitative estimate of drug-likeness (QED) is 0.469. The summed E-state index contributed by atoms with van der Waals surface area (Å²) in [6.45, 7) is 2.27. The van der Waals surface area contributed by atoms with Crippen LogP contribution in [0.5, 0.6) is 0 Å². The van der Waals surface area contributed by atoms with Crippen molar-refractivity contribution in [2.45, 2.75) is 63.8 Å². The summed E-state index contributed by atoms with van der Waals surface area (Å²) < 4.78 is 16.1. The number of epoxide rings is 1. The molecule has 2 atom stereocenters. The Labute approximate surface area is 109 Å². The molecule has 2 saturated heterocycles. The molecule has 2 rings (SSSR count). The highest BCUT2D eigenvalue weighted by atomic mass is 16.7. The standard InChI is InChI=1S/C14H24O4/c15-12(13-11-18-13)7-3-1-2-5-9-16-14-8-4-6-10-17-14/h13-14H,1-11H2. The summed E-state index contributed by atoms with van der Waals surface area (Å²) in [4.78, 5) is 11.3. The average Bonchev–Trinajstić information content (AvgIpc) is 3.23. The first-order chi connectivity index (χ1) is 8.86. The molecule has 0 aromatic heterocycles. The van der Waals surface area contributed by atoms with Gasteiger partial charge in [-0.2, -0.15) is 0 Å². The van der Waals surface area contributed by atoms with Crippen molar-refractivity contribution in [3.63, 3.8) is 0 Å². The van der Waals surface area contributed by atoms with Crippen molar-refractivity contribution >= 4 is 5.78 Å². The van der Waals surface area contributed by atoms with Gasteiger partial charge in [-0.25, -0.2) is 0 Å². The van der Waals surface area contributed by atoms with Crippen molar-refractivity contribution in [1.82, 2.24) is 0 Å². The van der Waals surface area contributed by atoms with Crippen LogP contribution in [0.15, 0.2) is 0 Å². The molecule has 2 heterocycles. The fourth-order valence-corrected chi connectivity index (χ4v) is 2.21. The zero-order valence-electron chi connectivity index (χ0n) is 11.1. The number of hydrogen-bond donors (Lipinski definition) is 0. The van der Waals surface area contributed by atoms with Crippen molar-refractivity contribution in [3.05, 3.63) is 0 Å². The summed E-state index contributed by atoms with van der Waals surface area (Å²) in [5.74, 6) is 0.279. The van der Waals surface area contributed by atoms with E-state index in [4.69, 9.17) is 14.2 Å². The largest absolute Gasteiger partial charge is 0.365 e. The monoisotopic (exact) mass is 256 g/mol. The fourth-order valence-electron chi connectivity index (χ4n) is 2.21. The maximum atomic E-state index is 11.3. The predicted molar refractivity (Wildman–Crippen MR) is 67.4 cm³/mol. The van der Waals surface area contributed by atoms with E-state index in [1.165, 1.54) is 12.8 Å². The Bertz CT molecular complexity index is 244. The SMILES string of the molecule is O=C(CCCCCCOC1CCCCO1)C1CO1. The maximum Gasteiger partial charge on any atom is 0.163 e.